The smallest absolute Gasteiger partial charge is 0.300 e. The first-order valence-corrected chi connectivity index (χ1v) is 15.6. The summed E-state index contributed by atoms with van der Waals surface area (Å²) in [5.74, 6) is -0.0719. The number of rotatable bonds is 8. The molecular weight excluding hydrogens is 577 g/mol. The van der Waals surface area contributed by atoms with Gasteiger partial charge in [-0.1, -0.05) is 105 Å². The number of nitrogens with zero attached hydrogens (tertiary/aromatic N) is 2. The highest BCUT2D eigenvalue weighted by Crippen LogP contribution is 2.42. The maximum Gasteiger partial charge on any atom is 0.416 e. The van der Waals surface area contributed by atoms with Crippen molar-refractivity contribution in [1.82, 2.24) is 4.90 Å². The monoisotopic (exact) mass is 618 g/mol. The molecule has 6 heteroatoms. The molecule has 0 N–H and O–H groups in total. The van der Waals surface area contributed by atoms with Crippen molar-refractivity contribution in [3.05, 3.63) is 112 Å². The molecule has 0 aromatic heterocycles. The van der Waals surface area contributed by atoms with Crippen LogP contribution in [0.2, 0.25) is 0 Å². The normalized spacial score (nSPS) is 17.8. The summed E-state index contributed by atoms with van der Waals surface area (Å²) in [6.07, 6.45) is 4.96. The standard InChI is InChI=1S/C38H41F3N2.ClH/c1-4-22-37(26-42,32-12-9-13-33(25-32)38(39,40)41)27(2)16-17-28(3)43-23-20-31(21-24-43)36-34-14-7-5-10-29(34)18-19-30-11-6-8-15-35(30)36;/h5-15,18-19,25,27-28H,4,16-17,20-24H2,1-3H3;1H. The fourth-order valence-electron chi connectivity index (χ4n) is 7.12. The van der Waals surface area contributed by atoms with Gasteiger partial charge in [0.05, 0.1) is 17.0 Å². The van der Waals surface area contributed by atoms with E-state index < -0.39 is 17.2 Å². The van der Waals surface area contributed by atoms with Crippen molar-refractivity contribution in [2.75, 3.05) is 13.1 Å². The van der Waals surface area contributed by atoms with Gasteiger partial charge in [0.25, 0.3) is 0 Å². The topological polar surface area (TPSA) is 27.0 Å². The number of benzene rings is 3. The number of piperidine rings is 1. The fraction of sp³-hybridized carbons (Fsp3) is 0.395. The molecule has 2 aliphatic rings. The molecular formula is C38H42ClF3N2. The third-order valence-corrected chi connectivity index (χ3v) is 9.69. The molecule has 3 atom stereocenters. The Morgan fingerprint density at radius 1 is 0.818 bits per heavy atom. The minimum atomic E-state index is -4.43. The summed E-state index contributed by atoms with van der Waals surface area (Å²) < 4.78 is 40.6. The molecule has 0 radical (unpaired) electrons. The van der Waals surface area contributed by atoms with Crippen LogP contribution in [0.3, 0.4) is 0 Å². The van der Waals surface area contributed by atoms with E-state index in [2.05, 4.69) is 78.6 Å². The summed E-state index contributed by atoms with van der Waals surface area (Å²) in [7, 11) is 0. The van der Waals surface area contributed by atoms with Crippen LogP contribution < -0.4 is 0 Å². The van der Waals surface area contributed by atoms with Crippen molar-refractivity contribution in [2.45, 2.75) is 76.9 Å². The van der Waals surface area contributed by atoms with E-state index >= 15 is 0 Å². The van der Waals surface area contributed by atoms with Crippen molar-refractivity contribution >= 4 is 30.1 Å². The number of likely N-dealkylation sites (tertiary alicyclic amines) is 1. The zero-order chi connectivity index (χ0) is 30.6. The molecule has 1 heterocycles. The summed E-state index contributed by atoms with van der Waals surface area (Å²) in [5, 5.41) is 10.4. The van der Waals surface area contributed by atoms with E-state index in [1.165, 1.54) is 45.5 Å². The summed E-state index contributed by atoms with van der Waals surface area (Å²) in [4.78, 5) is 2.54. The lowest BCUT2D eigenvalue weighted by molar-refractivity contribution is -0.137. The van der Waals surface area contributed by atoms with Crippen LogP contribution in [0.4, 0.5) is 13.2 Å². The Labute approximate surface area is 266 Å². The Bertz CT molecular complexity index is 1490. The first-order chi connectivity index (χ1) is 20.7. The van der Waals surface area contributed by atoms with E-state index in [0.717, 1.165) is 51.3 Å². The maximum absolute atomic E-state index is 13.5. The van der Waals surface area contributed by atoms with Crippen molar-refractivity contribution in [3.63, 3.8) is 0 Å². The van der Waals surface area contributed by atoms with Crippen LogP contribution in [0, 0.1) is 17.2 Å². The van der Waals surface area contributed by atoms with Gasteiger partial charge in [-0.05, 0) is 84.4 Å². The molecule has 0 amide bonds. The Hall–Kier alpha value is -3.33. The lowest BCUT2D eigenvalue weighted by Crippen LogP contribution is -2.39. The van der Waals surface area contributed by atoms with Crippen LogP contribution in [-0.4, -0.2) is 24.0 Å². The van der Waals surface area contributed by atoms with E-state index in [0.29, 0.717) is 18.0 Å². The molecule has 5 rings (SSSR count). The average Bonchev–Trinajstić information content (AvgIpc) is 3.19. The van der Waals surface area contributed by atoms with E-state index in [9.17, 15) is 18.4 Å². The van der Waals surface area contributed by atoms with E-state index in [1.807, 2.05) is 13.8 Å². The predicted octanol–water partition coefficient (Wildman–Crippen LogP) is 10.6. The quantitative estimate of drug-likeness (QED) is 0.196. The van der Waals surface area contributed by atoms with Gasteiger partial charge in [0.15, 0.2) is 0 Å². The van der Waals surface area contributed by atoms with Crippen molar-refractivity contribution in [1.29, 1.82) is 5.26 Å². The molecule has 3 aromatic carbocycles. The van der Waals surface area contributed by atoms with Gasteiger partial charge in [0, 0.05) is 19.1 Å². The number of nitriles is 1. The molecule has 1 saturated heterocycles. The maximum atomic E-state index is 13.5. The molecule has 3 aromatic rings. The summed E-state index contributed by atoms with van der Waals surface area (Å²) in [5.41, 5.74) is 6.82. The molecule has 232 valence electrons. The fourth-order valence-corrected chi connectivity index (χ4v) is 7.12. The number of halogens is 4. The van der Waals surface area contributed by atoms with Crippen molar-refractivity contribution in [2.24, 2.45) is 5.92 Å². The van der Waals surface area contributed by atoms with Crippen molar-refractivity contribution in [3.8, 4) is 6.07 Å². The molecule has 0 saturated carbocycles. The number of hydrogen-bond donors (Lipinski definition) is 0. The third kappa shape index (κ3) is 6.82. The first kappa shape index (κ1) is 33.6. The van der Waals surface area contributed by atoms with Gasteiger partial charge in [-0.15, -0.1) is 12.4 Å². The summed E-state index contributed by atoms with van der Waals surface area (Å²) in [6, 6.07) is 25.5. The zero-order valence-corrected chi connectivity index (χ0v) is 26.6. The zero-order valence-electron chi connectivity index (χ0n) is 25.8. The number of alkyl halides is 3. The molecule has 1 aliphatic carbocycles. The highest BCUT2D eigenvalue weighted by molar-refractivity contribution is 5.94. The molecule has 0 bridgehead atoms. The Kier molecular flexibility index (Phi) is 10.8. The lowest BCUT2D eigenvalue weighted by atomic mass is 9.67. The average molecular weight is 619 g/mol. The molecule has 1 aliphatic heterocycles. The predicted molar refractivity (Wildman–Crippen MR) is 177 cm³/mol. The van der Waals surface area contributed by atoms with Crippen LogP contribution in [0.5, 0.6) is 0 Å². The van der Waals surface area contributed by atoms with Crippen molar-refractivity contribution < 1.29 is 13.2 Å². The molecule has 0 spiro atoms. The Morgan fingerprint density at radius 3 is 1.93 bits per heavy atom. The van der Waals surface area contributed by atoms with Crippen LogP contribution in [0.15, 0.2) is 78.4 Å². The van der Waals surface area contributed by atoms with E-state index in [-0.39, 0.29) is 18.3 Å². The van der Waals surface area contributed by atoms with Gasteiger partial charge >= 0.3 is 6.18 Å². The SMILES string of the molecule is CCCC(C#N)(c1cccc(C(F)(F)F)c1)C(C)CCC(C)N1CCC(=C2c3ccccc3C=Cc3ccccc32)CC1.Cl. The van der Waals surface area contributed by atoms with E-state index in [4.69, 9.17) is 0 Å². The van der Waals surface area contributed by atoms with Gasteiger partial charge in [-0.2, -0.15) is 18.4 Å². The first-order valence-electron chi connectivity index (χ1n) is 15.6. The van der Waals surface area contributed by atoms with Crippen LogP contribution >= 0.6 is 12.4 Å². The summed E-state index contributed by atoms with van der Waals surface area (Å²) in [6.45, 7) is 8.23. The van der Waals surface area contributed by atoms with Crippen LogP contribution in [-0.2, 0) is 11.6 Å². The highest BCUT2D eigenvalue weighted by Gasteiger charge is 2.40. The number of fused-ring (bicyclic) bond motifs is 2. The van der Waals surface area contributed by atoms with Crippen LogP contribution in [0.1, 0.15) is 92.7 Å². The largest absolute Gasteiger partial charge is 0.416 e. The molecule has 2 nitrogen and oxygen atoms in total. The third-order valence-electron chi connectivity index (χ3n) is 9.69. The van der Waals surface area contributed by atoms with Gasteiger partial charge in [-0.25, -0.2) is 0 Å². The summed E-state index contributed by atoms with van der Waals surface area (Å²) >= 11 is 0. The van der Waals surface area contributed by atoms with E-state index in [1.54, 1.807) is 6.07 Å². The second-order valence-electron chi connectivity index (χ2n) is 12.3. The van der Waals surface area contributed by atoms with Gasteiger partial charge in [0.1, 0.15) is 0 Å². The minimum Gasteiger partial charge on any atom is -0.300 e. The molecule has 1 fully saturated rings. The minimum absolute atomic E-state index is 0. The Morgan fingerprint density at radius 2 is 1.39 bits per heavy atom. The second kappa shape index (κ2) is 14.2. The van der Waals surface area contributed by atoms with Gasteiger partial charge in [-0.3, -0.25) is 0 Å². The number of hydrogen-bond acceptors (Lipinski definition) is 2. The molecule has 44 heavy (non-hydrogen) atoms. The Balaban J connectivity index is 0.00000442. The van der Waals surface area contributed by atoms with Gasteiger partial charge in [0.2, 0.25) is 0 Å². The van der Waals surface area contributed by atoms with Crippen LogP contribution in [0.25, 0.3) is 17.7 Å². The lowest BCUT2D eigenvalue weighted by Gasteiger charge is -2.37. The highest BCUT2D eigenvalue weighted by atomic mass is 35.5. The molecule has 3 unspecified atom stereocenters. The van der Waals surface area contributed by atoms with Gasteiger partial charge < -0.3 is 4.90 Å². The second-order valence-corrected chi connectivity index (χ2v) is 12.3.